The number of aromatic nitrogens is 2. The highest BCUT2D eigenvalue weighted by Crippen LogP contribution is 2.18. The van der Waals surface area contributed by atoms with Crippen LogP contribution in [0.4, 0.5) is 5.82 Å². The second-order valence-corrected chi connectivity index (χ2v) is 7.47. The van der Waals surface area contributed by atoms with E-state index in [4.69, 9.17) is 4.42 Å². The summed E-state index contributed by atoms with van der Waals surface area (Å²) in [6, 6.07) is 11.3. The highest BCUT2D eigenvalue weighted by molar-refractivity contribution is 5.78. The second kappa shape index (κ2) is 8.51. The van der Waals surface area contributed by atoms with Crippen LogP contribution in [0.25, 0.3) is 11.0 Å². The van der Waals surface area contributed by atoms with Gasteiger partial charge in [-0.3, -0.25) is 9.59 Å². The van der Waals surface area contributed by atoms with Crippen LogP contribution in [0.1, 0.15) is 37.2 Å². The molecule has 1 amide bonds. The summed E-state index contributed by atoms with van der Waals surface area (Å²) >= 11 is 0. The molecule has 1 aromatic carbocycles. The summed E-state index contributed by atoms with van der Waals surface area (Å²) in [6.07, 6.45) is 3.55. The van der Waals surface area contributed by atoms with Crippen LogP contribution in [-0.4, -0.2) is 28.5 Å². The predicted molar refractivity (Wildman–Crippen MR) is 112 cm³/mol. The number of carbonyl (C=O) groups excluding carboxylic acids is 1. The van der Waals surface area contributed by atoms with E-state index in [9.17, 15) is 9.59 Å². The minimum absolute atomic E-state index is 0.119. The van der Waals surface area contributed by atoms with E-state index in [0.717, 1.165) is 48.5 Å². The number of nitrogens with zero attached hydrogens (tertiary/aromatic N) is 3. The third-order valence-corrected chi connectivity index (χ3v) is 5.31. The van der Waals surface area contributed by atoms with E-state index >= 15 is 0 Å². The lowest BCUT2D eigenvalue weighted by atomic mass is 10.1. The zero-order valence-electron chi connectivity index (χ0n) is 16.7. The molecule has 0 bridgehead atoms. The Labute approximate surface area is 169 Å². The number of hydrogen-bond donors (Lipinski definition) is 1. The quantitative estimate of drug-likeness (QED) is 0.695. The molecule has 3 heterocycles. The number of amides is 1. The highest BCUT2D eigenvalue weighted by atomic mass is 16.3. The van der Waals surface area contributed by atoms with E-state index in [-0.39, 0.29) is 17.9 Å². The molecule has 1 aliphatic rings. The Morgan fingerprint density at radius 2 is 1.93 bits per heavy atom. The molecule has 7 heteroatoms. The molecule has 29 heavy (non-hydrogen) atoms. The van der Waals surface area contributed by atoms with Crippen molar-refractivity contribution in [1.29, 1.82) is 0 Å². The average molecular weight is 394 g/mol. The van der Waals surface area contributed by atoms with E-state index < -0.39 is 0 Å². The Hall–Kier alpha value is -3.09. The molecule has 4 rings (SSSR count). The van der Waals surface area contributed by atoms with Crippen molar-refractivity contribution in [2.45, 2.75) is 45.7 Å². The Morgan fingerprint density at radius 1 is 1.14 bits per heavy atom. The van der Waals surface area contributed by atoms with Crippen LogP contribution in [0.5, 0.6) is 0 Å². The first-order chi connectivity index (χ1) is 14.1. The molecule has 7 nitrogen and oxygen atoms in total. The van der Waals surface area contributed by atoms with Gasteiger partial charge in [-0.25, -0.2) is 4.98 Å². The summed E-state index contributed by atoms with van der Waals surface area (Å²) in [7, 11) is 0. The van der Waals surface area contributed by atoms with Crippen molar-refractivity contribution in [3.05, 3.63) is 58.3 Å². The van der Waals surface area contributed by atoms with Crippen molar-refractivity contribution >= 4 is 22.8 Å². The van der Waals surface area contributed by atoms with Gasteiger partial charge in [0.1, 0.15) is 11.5 Å². The molecule has 1 fully saturated rings. The van der Waals surface area contributed by atoms with Gasteiger partial charge < -0.3 is 19.2 Å². The second-order valence-electron chi connectivity index (χ2n) is 7.47. The van der Waals surface area contributed by atoms with Crippen molar-refractivity contribution in [3.63, 3.8) is 0 Å². The maximum absolute atomic E-state index is 13.2. The number of nitrogens with one attached hydrogen (secondary N) is 1. The van der Waals surface area contributed by atoms with Gasteiger partial charge in [0, 0.05) is 26.1 Å². The number of carbonyl (C=O) groups is 1. The fourth-order valence-electron chi connectivity index (χ4n) is 3.78. The first-order valence-corrected chi connectivity index (χ1v) is 10.2. The summed E-state index contributed by atoms with van der Waals surface area (Å²) < 4.78 is 7.16. The van der Waals surface area contributed by atoms with Crippen molar-refractivity contribution in [3.8, 4) is 0 Å². The monoisotopic (exact) mass is 394 g/mol. The Kier molecular flexibility index (Phi) is 5.64. The number of hydrogen-bond acceptors (Lipinski definition) is 5. The lowest BCUT2D eigenvalue weighted by Gasteiger charge is -2.27. The molecule has 0 spiro atoms. The molecule has 152 valence electrons. The minimum atomic E-state index is -0.125. The molecule has 0 atom stereocenters. The highest BCUT2D eigenvalue weighted by Gasteiger charge is 2.19. The molecule has 3 aromatic rings. The zero-order valence-corrected chi connectivity index (χ0v) is 16.7. The third kappa shape index (κ3) is 4.34. The molecule has 1 saturated heterocycles. The van der Waals surface area contributed by atoms with E-state index in [1.165, 1.54) is 6.42 Å². The van der Waals surface area contributed by atoms with Gasteiger partial charge in [-0.05, 0) is 50.5 Å². The number of fused-ring (bicyclic) bond motifs is 1. The van der Waals surface area contributed by atoms with Crippen LogP contribution in [-0.2, 0) is 17.9 Å². The number of para-hydroxylation sites is 2. The largest absolute Gasteiger partial charge is 0.465 e. The van der Waals surface area contributed by atoms with Gasteiger partial charge in [0.25, 0.3) is 5.56 Å². The summed E-state index contributed by atoms with van der Waals surface area (Å²) in [4.78, 5) is 32.2. The molecule has 0 unspecified atom stereocenters. The van der Waals surface area contributed by atoms with E-state index in [0.29, 0.717) is 18.9 Å². The first-order valence-electron chi connectivity index (χ1n) is 10.2. The Balaban J connectivity index is 1.53. The van der Waals surface area contributed by atoms with Crippen molar-refractivity contribution in [2.24, 2.45) is 0 Å². The van der Waals surface area contributed by atoms with Crippen LogP contribution in [0.2, 0.25) is 0 Å². The van der Waals surface area contributed by atoms with E-state index in [2.05, 4.69) is 15.2 Å². The molecule has 1 N–H and O–H groups in total. The van der Waals surface area contributed by atoms with Gasteiger partial charge in [-0.15, -0.1) is 0 Å². The van der Waals surface area contributed by atoms with Gasteiger partial charge in [-0.1, -0.05) is 12.1 Å². The third-order valence-electron chi connectivity index (χ3n) is 5.31. The molecular weight excluding hydrogens is 368 g/mol. The van der Waals surface area contributed by atoms with Crippen LogP contribution in [0, 0.1) is 6.92 Å². The lowest BCUT2D eigenvalue weighted by molar-refractivity contribution is -0.121. The normalized spacial score (nSPS) is 14.3. The zero-order chi connectivity index (χ0) is 20.2. The standard InChI is InChI=1S/C22H26N4O3/c1-16-9-10-17(29-16)15-23-20(27)11-14-26-19-8-4-3-7-18(19)24-21(22(26)28)25-12-5-2-6-13-25/h3-4,7-10H,2,5-6,11-15H2,1H3,(H,23,27). The number of furan rings is 1. The van der Waals surface area contributed by atoms with Crippen molar-refractivity contribution < 1.29 is 9.21 Å². The first kappa shape index (κ1) is 19.2. The predicted octanol–water partition coefficient (Wildman–Crippen LogP) is 2.99. The number of aryl methyl sites for hydroxylation is 2. The van der Waals surface area contributed by atoms with Gasteiger partial charge in [0.15, 0.2) is 5.82 Å². The number of piperidine rings is 1. The van der Waals surface area contributed by atoms with Crippen LogP contribution < -0.4 is 15.8 Å². The topological polar surface area (TPSA) is 80.4 Å². The van der Waals surface area contributed by atoms with Gasteiger partial charge in [0.05, 0.1) is 17.6 Å². The maximum atomic E-state index is 13.2. The average Bonchev–Trinajstić information content (AvgIpc) is 3.17. The summed E-state index contributed by atoms with van der Waals surface area (Å²) in [5.41, 5.74) is 1.41. The smallest absolute Gasteiger partial charge is 0.294 e. The number of rotatable bonds is 6. The minimum Gasteiger partial charge on any atom is -0.465 e. The molecular formula is C22H26N4O3. The SMILES string of the molecule is Cc1ccc(CNC(=O)CCn2c(=O)c(N3CCCCC3)nc3ccccc32)o1. The Morgan fingerprint density at radius 3 is 2.69 bits per heavy atom. The van der Waals surface area contributed by atoms with Crippen LogP contribution >= 0.6 is 0 Å². The maximum Gasteiger partial charge on any atom is 0.294 e. The number of benzene rings is 1. The van der Waals surface area contributed by atoms with Gasteiger partial charge in [0.2, 0.25) is 5.91 Å². The van der Waals surface area contributed by atoms with Crippen molar-refractivity contribution in [2.75, 3.05) is 18.0 Å². The fourth-order valence-corrected chi connectivity index (χ4v) is 3.78. The van der Waals surface area contributed by atoms with E-state index in [1.807, 2.05) is 43.3 Å². The molecule has 0 radical (unpaired) electrons. The summed E-state index contributed by atoms with van der Waals surface area (Å²) in [5.74, 6) is 1.91. The number of anilines is 1. The summed E-state index contributed by atoms with van der Waals surface area (Å²) in [6.45, 7) is 4.23. The molecule has 2 aromatic heterocycles. The molecule has 0 aliphatic carbocycles. The van der Waals surface area contributed by atoms with Gasteiger partial charge in [-0.2, -0.15) is 0 Å². The van der Waals surface area contributed by atoms with Crippen LogP contribution in [0.3, 0.4) is 0 Å². The summed E-state index contributed by atoms with van der Waals surface area (Å²) in [5, 5.41) is 2.85. The Bertz CT molecular complexity index is 1060. The lowest BCUT2D eigenvalue weighted by Crippen LogP contribution is -2.37. The van der Waals surface area contributed by atoms with Gasteiger partial charge >= 0.3 is 0 Å². The van der Waals surface area contributed by atoms with E-state index in [1.54, 1.807) is 4.57 Å². The van der Waals surface area contributed by atoms with Crippen LogP contribution in [0.15, 0.2) is 45.6 Å². The molecule has 0 saturated carbocycles. The fraction of sp³-hybridized carbons (Fsp3) is 0.409. The van der Waals surface area contributed by atoms with Crippen molar-refractivity contribution in [1.82, 2.24) is 14.9 Å². The molecule has 1 aliphatic heterocycles.